The number of likely N-dealkylation sites (tertiary alicyclic amines) is 1. The minimum absolute atomic E-state index is 0.0351. The van der Waals surface area contributed by atoms with Crippen LogP contribution in [-0.2, 0) is 11.2 Å². The van der Waals surface area contributed by atoms with Gasteiger partial charge < -0.3 is 30.0 Å². The van der Waals surface area contributed by atoms with Crippen molar-refractivity contribution in [3.05, 3.63) is 59.8 Å². The summed E-state index contributed by atoms with van der Waals surface area (Å²) in [4.78, 5) is 29.9. The summed E-state index contributed by atoms with van der Waals surface area (Å²) in [6, 6.07) is 16.3. The molecular formula is C28H36N4O4. The summed E-state index contributed by atoms with van der Waals surface area (Å²) < 4.78 is 10.5. The van der Waals surface area contributed by atoms with Gasteiger partial charge in [-0.2, -0.15) is 0 Å². The molecular weight excluding hydrogens is 456 g/mol. The number of aromatic nitrogens is 1. The zero-order valence-corrected chi connectivity index (χ0v) is 21.5. The third kappa shape index (κ3) is 6.71. The maximum Gasteiger partial charge on any atom is 0.407 e. The van der Waals surface area contributed by atoms with Gasteiger partial charge in [-0.25, -0.2) is 4.79 Å². The molecule has 1 aliphatic heterocycles. The van der Waals surface area contributed by atoms with Gasteiger partial charge in [-0.3, -0.25) is 4.79 Å². The fourth-order valence-electron chi connectivity index (χ4n) is 4.38. The number of rotatable bonds is 7. The number of piperidine rings is 1. The fraction of sp³-hybridized carbons (Fsp3) is 0.429. The normalized spacial score (nSPS) is 14.5. The molecule has 0 spiro atoms. The first-order valence-electron chi connectivity index (χ1n) is 12.5. The van der Waals surface area contributed by atoms with Crippen molar-refractivity contribution in [2.24, 2.45) is 0 Å². The Morgan fingerprint density at radius 2 is 1.78 bits per heavy atom. The smallest absolute Gasteiger partial charge is 0.407 e. The van der Waals surface area contributed by atoms with Gasteiger partial charge in [0.2, 0.25) is 0 Å². The Hall–Kier alpha value is -3.68. The van der Waals surface area contributed by atoms with Crippen molar-refractivity contribution in [2.45, 2.75) is 51.7 Å². The van der Waals surface area contributed by atoms with Crippen LogP contribution in [0.15, 0.2) is 48.5 Å². The molecule has 8 nitrogen and oxygen atoms in total. The molecule has 2 heterocycles. The highest BCUT2D eigenvalue weighted by atomic mass is 16.6. The third-order valence-corrected chi connectivity index (χ3v) is 6.25. The lowest BCUT2D eigenvalue weighted by Gasteiger charge is -2.32. The highest BCUT2D eigenvalue weighted by Gasteiger charge is 2.24. The molecule has 1 fully saturated rings. The van der Waals surface area contributed by atoms with Crippen LogP contribution in [0.1, 0.15) is 49.7 Å². The Morgan fingerprint density at radius 1 is 1.06 bits per heavy atom. The number of nitrogens with zero attached hydrogens (tertiary/aromatic N) is 1. The van der Waals surface area contributed by atoms with Gasteiger partial charge in [0.1, 0.15) is 17.0 Å². The number of hydrogen-bond acceptors (Lipinski definition) is 5. The van der Waals surface area contributed by atoms with Gasteiger partial charge in [0.25, 0.3) is 5.91 Å². The van der Waals surface area contributed by atoms with E-state index in [-0.39, 0.29) is 5.91 Å². The molecule has 0 aliphatic carbocycles. The molecule has 0 saturated carbocycles. The number of methoxy groups -OCH3 is 1. The Kier molecular flexibility index (Phi) is 7.72. The molecule has 3 N–H and O–H groups in total. The zero-order chi connectivity index (χ0) is 25.7. The average Bonchev–Trinajstić information content (AvgIpc) is 3.27. The molecule has 36 heavy (non-hydrogen) atoms. The van der Waals surface area contributed by atoms with Gasteiger partial charge in [0, 0.05) is 42.3 Å². The number of aromatic amines is 1. The van der Waals surface area contributed by atoms with Crippen molar-refractivity contribution >= 4 is 28.6 Å². The SMILES string of the molecule is COc1ccc2[nH]c(C(=O)N3CCC(Nc4ccc(CCNC(=O)OC(C)(C)C)cc4)CC3)cc2c1. The van der Waals surface area contributed by atoms with Crippen LogP contribution in [0.3, 0.4) is 0 Å². The molecule has 3 aromatic rings. The van der Waals surface area contributed by atoms with E-state index < -0.39 is 11.7 Å². The second-order valence-electron chi connectivity index (χ2n) is 10.2. The number of ether oxygens (including phenoxy) is 2. The molecule has 4 rings (SSSR count). The van der Waals surface area contributed by atoms with E-state index in [4.69, 9.17) is 9.47 Å². The lowest BCUT2D eigenvalue weighted by molar-refractivity contribution is 0.0528. The molecule has 1 aliphatic rings. The van der Waals surface area contributed by atoms with E-state index in [0.717, 1.165) is 47.2 Å². The van der Waals surface area contributed by atoms with Crippen molar-refractivity contribution in [3.63, 3.8) is 0 Å². The van der Waals surface area contributed by atoms with E-state index in [2.05, 4.69) is 39.9 Å². The largest absolute Gasteiger partial charge is 0.497 e. The van der Waals surface area contributed by atoms with Crippen LogP contribution >= 0.6 is 0 Å². The maximum atomic E-state index is 13.0. The van der Waals surface area contributed by atoms with Crippen LogP contribution in [0, 0.1) is 0 Å². The molecule has 8 heteroatoms. The number of hydrogen-bond donors (Lipinski definition) is 3. The van der Waals surface area contributed by atoms with E-state index in [0.29, 0.717) is 31.4 Å². The van der Waals surface area contributed by atoms with Crippen LogP contribution in [0.2, 0.25) is 0 Å². The molecule has 1 saturated heterocycles. The highest BCUT2D eigenvalue weighted by Crippen LogP contribution is 2.24. The Bertz CT molecular complexity index is 1190. The van der Waals surface area contributed by atoms with Crippen molar-refractivity contribution in [3.8, 4) is 5.75 Å². The summed E-state index contributed by atoms with van der Waals surface area (Å²) in [7, 11) is 1.64. The Morgan fingerprint density at radius 3 is 2.44 bits per heavy atom. The van der Waals surface area contributed by atoms with Crippen LogP contribution in [-0.4, -0.2) is 60.3 Å². The molecule has 0 bridgehead atoms. The number of anilines is 1. The monoisotopic (exact) mass is 492 g/mol. The summed E-state index contributed by atoms with van der Waals surface area (Å²) in [5, 5.41) is 7.35. The minimum atomic E-state index is -0.494. The number of fused-ring (bicyclic) bond motifs is 1. The third-order valence-electron chi connectivity index (χ3n) is 6.25. The second-order valence-corrected chi connectivity index (χ2v) is 10.2. The van der Waals surface area contributed by atoms with Crippen molar-refractivity contribution in [2.75, 3.05) is 32.1 Å². The second kappa shape index (κ2) is 10.9. The van der Waals surface area contributed by atoms with Crippen molar-refractivity contribution in [1.82, 2.24) is 15.2 Å². The number of carbonyl (C=O) groups is 2. The summed E-state index contributed by atoms with van der Waals surface area (Å²) in [5.41, 5.74) is 3.26. The average molecular weight is 493 g/mol. The highest BCUT2D eigenvalue weighted by molar-refractivity contribution is 5.98. The number of alkyl carbamates (subject to hydrolysis) is 1. The quantitative estimate of drug-likeness (QED) is 0.433. The van der Waals surface area contributed by atoms with Crippen LogP contribution in [0.5, 0.6) is 5.75 Å². The molecule has 2 aromatic carbocycles. The first-order valence-corrected chi connectivity index (χ1v) is 12.5. The molecule has 192 valence electrons. The lowest BCUT2D eigenvalue weighted by atomic mass is 10.0. The van der Waals surface area contributed by atoms with Gasteiger partial charge in [-0.05, 0) is 82.0 Å². The van der Waals surface area contributed by atoms with Crippen molar-refractivity contribution in [1.29, 1.82) is 0 Å². The Balaban J connectivity index is 1.22. The van der Waals surface area contributed by atoms with E-state index in [1.165, 1.54) is 0 Å². The van der Waals surface area contributed by atoms with Gasteiger partial charge in [-0.15, -0.1) is 0 Å². The van der Waals surface area contributed by atoms with E-state index in [9.17, 15) is 9.59 Å². The zero-order valence-electron chi connectivity index (χ0n) is 21.5. The summed E-state index contributed by atoms with van der Waals surface area (Å²) in [5.74, 6) is 0.811. The number of nitrogens with one attached hydrogen (secondary N) is 3. The lowest BCUT2D eigenvalue weighted by Crippen LogP contribution is -2.42. The topological polar surface area (TPSA) is 95.7 Å². The van der Waals surface area contributed by atoms with E-state index in [1.807, 2.05) is 49.9 Å². The summed E-state index contributed by atoms with van der Waals surface area (Å²) in [6.07, 6.45) is 2.12. The fourth-order valence-corrected chi connectivity index (χ4v) is 4.38. The first kappa shape index (κ1) is 25.4. The van der Waals surface area contributed by atoms with Gasteiger partial charge >= 0.3 is 6.09 Å². The number of amides is 2. The van der Waals surface area contributed by atoms with E-state index >= 15 is 0 Å². The van der Waals surface area contributed by atoms with Gasteiger partial charge in [-0.1, -0.05) is 12.1 Å². The minimum Gasteiger partial charge on any atom is -0.497 e. The molecule has 0 radical (unpaired) electrons. The van der Waals surface area contributed by atoms with Crippen LogP contribution < -0.4 is 15.4 Å². The summed E-state index contributed by atoms with van der Waals surface area (Å²) in [6.45, 7) is 7.50. The van der Waals surface area contributed by atoms with E-state index in [1.54, 1.807) is 7.11 Å². The number of benzene rings is 2. The summed E-state index contributed by atoms with van der Waals surface area (Å²) >= 11 is 0. The maximum absolute atomic E-state index is 13.0. The predicted molar refractivity (Wildman–Crippen MR) is 142 cm³/mol. The van der Waals surface area contributed by atoms with Crippen molar-refractivity contribution < 1.29 is 19.1 Å². The molecule has 2 amide bonds. The molecule has 0 atom stereocenters. The molecule has 1 aromatic heterocycles. The standard InChI is InChI=1S/C28H36N4O4/c1-28(2,3)36-27(34)29-14-11-19-5-7-21(8-6-19)30-22-12-15-32(16-13-22)26(33)25-18-20-17-23(35-4)9-10-24(20)31-25/h5-10,17-18,22,30-31H,11-16H2,1-4H3,(H,29,34). The van der Waals surface area contributed by atoms with Crippen LogP contribution in [0.25, 0.3) is 10.9 Å². The Labute approximate surface area is 212 Å². The molecule has 0 unspecified atom stereocenters. The van der Waals surface area contributed by atoms with Crippen LogP contribution in [0.4, 0.5) is 10.5 Å². The first-order chi connectivity index (χ1) is 17.2. The predicted octanol–water partition coefficient (Wildman–Crippen LogP) is 4.96. The number of H-pyrrole nitrogens is 1. The van der Waals surface area contributed by atoms with Gasteiger partial charge in [0.05, 0.1) is 7.11 Å². The van der Waals surface area contributed by atoms with Gasteiger partial charge in [0.15, 0.2) is 0 Å². The number of carbonyl (C=O) groups excluding carboxylic acids is 2.